The molecule has 256 valence electrons. The van der Waals surface area contributed by atoms with Gasteiger partial charge in [-0.3, -0.25) is 9.20 Å². The van der Waals surface area contributed by atoms with Crippen molar-refractivity contribution in [3.05, 3.63) is 64.4 Å². The standard InChI is InChI=1S/C32H41ClFN5O8/c1-5-43-29(41)25-20-24(14-15-26(25)34)44-30-36-27-28(37(30)21-22-10-12-23(33)13-11-22)46-39(18-9-19-40)47-38(27)17-8-6-7-16-35-31(42)45-32(2,3)4/h10-15,20,40H,5-9,16-19,21H2,1-4H3,(H,35,42). The highest BCUT2D eigenvalue weighted by molar-refractivity contribution is 6.30. The molecule has 2 aromatic carbocycles. The number of nitrogens with zero attached hydrogens (tertiary/aromatic N) is 4. The van der Waals surface area contributed by atoms with Gasteiger partial charge in [-0.2, -0.15) is 9.72 Å². The van der Waals surface area contributed by atoms with E-state index in [1.807, 2.05) is 12.1 Å². The monoisotopic (exact) mass is 677 g/mol. The Balaban J connectivity index is 1.65. The van der Waals surface area contributed by atoms with Crippen molar-refractivity contribution in [2.24, 2.45) is 0 Å². The molecule has 0 saturated heterocycles. The van der Waals surface area contributed by atoms with Gasteiger partial charge in [0.15, 0.2) is 0 Å². The normalized spacial score (nSPS) is 11.5. The van der Waals surface area contributed by atoms with Crippen molar-refractivity contribution in [2.75, 3.05) is 19.8 Å². The number of unbranched alkanes of at least 4 members (excludes halogenated alkanes) is 2. The Bertz CT molecular complexity index is 1680. The van der Waals surface area contributed by atoms with Gasteiger partial charge < -0.3 is 29.2 Å². The first-order valence-corrected chi connectivity index (χ1v) is 15.8. The molecule has 2 aromatic heterocycles. The number of fused-ring (bicyclic) bond motifs is 1. The van der Waals surface area contributed by atoms with Gasteiger partial charge in [0.2, 0.25) is 5.65 Å². The van der Waals surface area contributed by atoms with Gasteiger partial charge in [0.05, 0.1) is 31.8 Å². The van der Waals surface area contributed by atoms with E-state index in [4.69, 9.17) is 39.9 Å². The van der Waals surface area contributed by atoms with Crippen LogP contribution in [0.15, 0.2) is 51.6 Å². The summed E-state index contributed by atoms with van der Waals surface area (Å²) >= 11 is 6.12. The smallest absolute Gasteiger partial charge is 0.407 e. The maximum atomic E-state index is 14.5. The highest BCUT2D eigenvalue weighted by Gasteiger charge is 2.22. The number of alkyl carbamates (subject to hydrolysis) is 1. The highest BCUT2D eigenvalue weighted by Crippen LogP contribution is 2.29. The molecule has 0 spiro atoms. The second-order valence-corrected chi connectivity index (χ2v) is 12.0. The maximum Gasteiger partial charge on any atom is 0.407 e. The number of aliphatic hydroxyl groups excluding tert-OH is 1. The third-order valence-corrected chi connectivity index (χ3v) is 6.84. The number of rotatable bonds is 15. The zero-order valence-corrected chi connectivity index (χ0v) is 27.7. The quantitative estimate of drug-likeness (QED) is 0.102. The minimum atomic E-state index is -0.817. The molecule has 0 saturated carbocycles. The van der Waals surface area contributed by atoms with Gasteiger partial charge in [0.1, 0.15) is 17.2 Å². The molecule has 0 fully saturated rings. The van der Waals surface area contributed by atoms with Crippen molar-refractivity contribution in [2.45, 2.75) is 78.6 Å². The summed E-state index contributed by atoms with van der Waals surface area (Å²) in [6, 6.07) is 11.1. The van der Waals surface area contributed by atoms with Crippen LogP contribution in [0.2, 0.25) is 5.02 Å². The molecule has 2 N–H and O–H groups in total. The van der Waals surface area contributed by atoms with Crippen molar-refractivity contribution < 1.29 is 42.4 Å². The number of carbonyl (C=O) groups is 2. The zero-order valence-electron chi connectivity index (χ0n) is 27.0. The van der Waals surface area contributed by atoms with Gasteiger partial charge >= 0.3 is 18.1 Å². The molecule has 1 amide bonds. The Kier molecular flexibility index (Phi) is 12.4. The molecule has 0 unspecified atom stereocenters. The van der Waals surface area contributed by atoms with Gasteiger partial charge in [0.25, 0.3) is 5.71 Å². The van der Waals surface area contributed by atoms with Gasteiger partial charge in [0, 0.05) is 18.2 Å². The van der Waals surface area contributed by atoms with Crippen molar-refractivity contribution in [3.63, 3.8) is 0 Å². The van der Waals surface area contributed by atoms with E-state index in [0.717, 1.165) is 18.1 Å². The van der Waals surface area contributed by atoms with E-state index in [9.17, 15) is 19.1 Å². The van der Waals surface area contributed by atoms with Crippen molar-refractivity contribution in [1.29, 1.82) is 0 Å². The second kappa shape index (κ2) is 16.4. The van der Waals surface area contributed by atoms with Crippen LogP contribution in [0.4, 0.5) is 9.18 Å². The summed E-state index contributed by atoms with van der Waals surface area (Å²) in [4.78, 5) is 30.2. The predicted octanol–water partition coefficient (Wildman–Crippen LogP) is 6.84. The fourth-order valence-electron chi connectivity index (χ4n) is 4.44. The fourth-order valence-corrected chi connectivity index (χ4v) is 4.57. The summed E-state index contributed by atoms with van der Waals surface area (Å²) in [6.45, 7) is 8.41. The number of nitrogens with one attached hydrogen (secondary N) is 1. The number of aromatic nitrogens is 4. The lowest BCUT2D eigenvalue weighted by atomic mass is 10.2. The Morgan fingerprint density at radius 1 is 1.06 bits per heavy atom. The lowest BCUT2D eigenvalue weighted by Gasteiger charge is -2.19. The lowest BCUT2D eigenvalue weighted by molar-refractivity contribution is -0.0275. The summed E-state index contributed by atoms with van der Waals surface area (Å²) in [6.07, 6.45) is 2.04. The molecule has 0 aliphatic rings. The van der Waals surface area contributed by atoms with Crippen LogP contribution >= 0.6 is 11.6 Å². The van der Waals surface area contributed by atoms with Crippen LogP contribution in [0.25, 0.3) is 11.4 Å². The molecular formula is C32H41ClFN5O8. The van der Waals surface area contributed by atoms with Crippen LogP contribution in [0.1, 0.15) is 69.3 Å². The molecule has 13 nitrogen and oxygen atoms in total. The van der Waals surface area contributed by atoms with Crippen molar-refractivity contribution in [1.82, 2.24) is 24.5 Å². The average Bonchev–Trinajstić information content (AvgIpc) is 3.35. The summed E-state index contributed by atoms with van der Waals surface area (Å²) in [5.74, 6) is -1.41. The number of halogens is 2. The molecule has 0 aliphatic carbocycles. The van der Waals surface area contributed by atoms with Gasteiger partial charge in [-0.25, -0.2) is 14.0 Å². The first-order valence-electron chi connectivity index (χ1n) is 15.5. The second-order valence-electron chi connectivity index (χ2n) is 11.6. The summed E-state index contributed by atoms with van der Waals surface area (Å²) in [7, 11) is 0. The number of benzene rings is 2. The molecule has 2 heterocycles. The molecular weight excluding hydrogens is 637 g/mol. The Morgan fingerprint density at radius 3 is 2.53 bits per heavy atom. The largest absolute Gasteiger partial charge is 0.462 e. The summed E-state index contributed by atoms with van der Waals surface area (Å²) < 4.78 is 46.2. The van der Waals surface area contributed by atoms with E-state index in [1.165, 1.54) is 17.0 Å². The first kappa shape index (κ1) is 35.4. The van der Waals surface area contributed by atoms with E-state index >= 15 is 0 Å². The average molecular weight is 678 g/mol. The van der Waals surface area contributed by atoms with Crippen LogP contribution in [0, 0.1) is 5.82 Å². The van der Waals surface area contributed by atoms with Gasteiger partial charge in [-0.15, -0.1) is 0 Å². The van der Waals surface area contributed by atoms with Crippen LogP contribution in [-0.2, 0) is 29.1 Å². The molecule has 4 rings (SSSR count). The molecule has 0 atom stereocenters. The lowest BCUT2D eigenvalue weighted by Crippen LogP contribution is -2.33. The number of ether oxygens (including phenoxy) is 3. The van der Waals surface area contributed by atoms with E-state index in [1.54, 1.807) is 49.1 Å². The summed E-state index contributed by atoms with van der Waals surface area (Å²) in [5, 5.41) is 12.8. The van der Waals surface area contributed by atoms with E-state index in [0.29, 0.717) is 48.7 Å². The number of carbonyl (C=O) groups excluding carboxylic acids is 2. The summed E-state index contributed by atoms with van der Waals surface area (Å²) in [5.41, 5.74) is 0.637. The molecule has 47 heavy (non-hydrogen) atoms. The number of aliphatic hydroxyl groups is 1. The van der Waals surface area contributed by atoms with Crippen LogP contribution in [-0.4, -0.2) is 61.7 Å². The van der Waals surface area contributed by atoms with E-state index in [2.05, 4.69) is 5.32 Å². The van der Waals surface area contributed by atoms with Crippen molar-refractivity contribution >= 4 is 35.0 Å². The molecule has 0 bridgehead atoms. The van der Waals surface area contributed by atoms with Gasteiger partial charge in [-0.1, -0.05) is 23.7 Å². The fraction of sp³-hybridized carbons (Fsp3) is 0.469. The predicted molar refractivity (Wildman–Crippen MR) is 171 cm³/mol. The number of hydrogen-bond donors (Lipinski definition) is 2. The first-order chi connectivity index (χ1) is 22.5. The topological polar surface area (TPSA) is 148 Å². The third kappa shape index (κ3) is 10.3. The van der Waals surface area contributed by atoms with Crippen LogP contribution < -0.4 is 10.1 Å². The minimum Gasteiger partial charge on any atom is -0.462 e. The third-order valence-electron chi connectivity index (χ3n) is 6.58. The van der Waals surface area contributed by atoms with Crippen molar-refractivity contribution in [3.8, 4) is 11.8 Å². The molecule has 15 heteroatoms. The van der Waals surface area contributed by atoms with Crippen LogP contribution in [0.5, 0.6) is 11.8 Å². The highest BCUT2D eigenvalue weighted by atomic mass is 35.5. The van der Waals surface area contributed by atoms with E-state index in [-0.39, 0.29) is 43.6 Å². The Morgan fingerprint density at radius 2 is 1.83 bits per heavy atom. The number of hydrogen-bond acceptors (Lipinski definition) is 9. The number of imidazole rings is 1. The number of aryl methyl sites for hydroxylation is 2. The maximum absolute atomic E-state index is 14.5. The SMILES string of the molecule is CCOC(=O)c1cc(Oc2nc3c(on(CCCO)on3CCCCCNC(=O)OC(C)(C)C)n2Cc2ccc(Cl)cc2)ccc1F. The Labute approximate surface area is 276 Å². The number of amides is 1. The molecule has 4 aromatic rings. The van der Waals surface area contributed by atoms with Crippen LogP contribution in [0.3, 0.4) is 0 Å². The number of esters is 1. The minimum absolute atomic E-state index is 0.0769. The molecule has 0 radical (unpaired) electrons. The van der Waals surface area contributed by atoms with Gasteiger partial charge in [-0.05, 0) is 94.2 Å². The molecule has 0 aliphatic heterocycles. The van der Waals surface area contributed by atoms with E-state index < -0.39 is 23.5 Å². The Hall–Kier alpha value is -4.43. The zero-order chi connectivity index (χ0) is 34.0.